The topological polar surface area (TPSA) is 73.6 Å². The Kier molecular flexibility index (Phi) is 6.21. The van der Waals surface area contributed by atoms with E-state index in [0.29, 0.717) is 18.0 Å². The number of carbonyl (C=O) groups excluding carboxylic acids is 1. The van der Waals surface area contributed by atoms with Gasteiger partial charge in [0.1, 0.15) is 0 Å². The summed E-state index contributed by atoms with van der Waals surface area (Å²) in [6, 6.07) is 12.1. The van der Waals surface area contributed by atoms with Gasteiger partial charge in [0, 0.05) is 13.1 Å². The number of hydrogen-bond acceptors (Lipinski definition) is 4. The highest BCUT2D eigenvalue weighted by molar-refractivity contribution is 5.75. The Labute approximate surface area is 142 Å². The minimum atomic E-state index is -0.517. The van der Waals surface area contributed by atoms with Gasteiger partial charge < -0.3 is 20.5 Å². The van der Waals surface area contributed by atoms with E-state index < -0.39 is 5.91 Å². The molecule has 128 valence electrons. The van der Waals surface area contributed by atoms with Crippen molar-refractivity contribution in [1.82, 2.24) is 5.32 Å². The van der Waals surface area contributed by atoms with E-state index in [4.69, 9.17) is 15.2 Å². The third-order valence-corrected chi connectivity index (χ3v) is 3.83. The van der Waals surface area contributed by atoms with Crippen molar-refractivity contribution in [3.8, 4) is 11.5 Å². The average molecular weight is 328 g/mol. The summed E-state index contributed by atoms with van der Waals surface area (Å²) in [7, 11) is 1.57. The number of benzene rings is 2. The highest BCUT2D eigenvalue weighted by atomic mass is 16.5. The molecular weight excluding hydrogens is 304 g/mol. The van der Waals surface area contributed by atoms with Gasteiger partial charge in [0.15, 0.2) is 18.1 Å². The van der Waals surface area contributed by atoms with E-state index >= 15 is 0 Å². The van der Waals surface area contributed by atoms with Crippen LogP contribution >= 0.6 is 0 Å². The first-order valence-electron chi connectivity index (χ1n) is 7.84. The summed E-state index contributed by atoms with van der Waals surface area (Å²) < 4.78 is 10.6. The van der Waals surface area contributed by atoms with Crippen LogP contribution in [0.5, 0.6) is 11.5 Å². The Morgan fingerprint density at radius 3 is 2.29 bits per heavy atom. The first-order chi connectivity index (χ1) is 11.5. The van der Waals surface area contributed by atoms with E-state index in [1.807, 2.05) is 12.1 Å². The normalized spacial score (nSPS) is 10.5. The Balaban J connectivity index is 1.94. The molecule has 0 spiro atoms. The molecule has 1 amide bonds. The molecule has 0 radical (unpaired) electrons. The summed E-state index contributed by atoms with van der Waals surface area (Å²) in [5.74, 6) is 0.576. The summed E-state index contributed by atoms with van der Waals surface area (Å²) >= 11 is 0. The van der Waals surface area contributed by atoms with E-state index in [1.165, 1.54) is 16.7 Å². The molecule has 0 aromatic heterocycles. The highest BCUT2D eigenvalue weighted by Gasteiger charge is 2.07. The van der Waals surface area contributed by atoms with Crippen LogP contribution in [0.4, 0.5) is 0 Å². The Hall–Kier alpha value is -2.53. The largest absolute Gasteiger partial charge is 0.493 e. The number of carbonyl (C=O) groups is 1. The highest BCUT2D eigenvalue weighted by Crippen LogP contribution is 2.28. The van der Waals surface area contributed by atoms with Crippen LogP contribution in [-0.2, 0) is 17.9 Å². The number of hydrogen-bond donors (Lipinski definition) is 2. The van der Waals surface area contributed by atoms with Crippen molar-refractivity contribution in [2.45, 2.75) is 26.9 Å². The molecule has 2 aromatic rings. The van der Waals surface area contributed by atoms with Gasteiger partial charge >= 0.3 is 0 Å². The molecule has 0 bridgehead atoms. The minimum Gasteiger partial charge on any atom is -0.493 e. The van der Waals surface area contributed by atoms with E-state index in [-0.39, 0.29) is 6.61 Å². The lowest BCUT2D eigenvalue weighted by Crippen LogP contribution is -2.20. The number of rotatable bonds is 8. The first kappa shape index (κ1) is 17.8. The van der Waals surface area contributed by atoms with Crippen LogP contribution in [0.3, 0.4) is 0 Å². The Morgan fingerprint density at radius 2 is 1.67 bits per heavy atom. The van der Waals surface area contributed by atoms with Gasteiger partial charge in [0.05, 0.1) is 7.11 Å². The SMILES string of the molecule is COc1cc(CNCc2ccc(C)c(C)c2)ccc1OCC(N)=O. The fourth-order valence-corrected chi connectivity index (χ4v) is 2.35. The van der Waals surface area contributed by atoms with E-state index in [1.54, 1.807) is 13.2 Å². The molecule has 0 fully saturated rings. The van der Waals surface area contributed by atoms with Gasteiger partial charge in [0.2, 0.25) is 0 Å². The van der Waals surface area contributed by atoms with Gasteiger partial charge in [-0.15, -0.1) is 0 Å². The van der Waals surface area contributed by atoms with Crippen molar-refractivity contribution >= 4 is 5.91 Å². The van der Waals surface area contributed by atoms with Crippen molar-refractivity contribution in [1.29, 1.82) is 0 Å². The zero-order valence-electron chi connectivity index (χ0n) is 14.4. The van der Waals surface area contributed by atoms with Gasteiger partial charge in [-0.1, -0.05) is 24.3 Å². The smallest absolute Gasteiger partial charge is 0.255 e. The number of amides is 1. The molecule has 2 aromatic carbocycles. The maximum Gasteiger partial charge on any atom is 0.255 e. The fourth-order valence-electron chi connectivity index (χ4n) is 2.35. The molecule has 0 heterocycles. The number of aryl methyl sites for hydroxylation is 2. The zero-order valence-corrected chi connectivity index (χ0v) is 14.4. The molecule has 3 N–H and O–H groups in total. The monoisotopic (exact) mass is 328 g/mol. The molecule has 0 atom stereocenters. The molecule has 0 aliphatic rings. The quantitative estimate of drug-likeness (QED) is 0.781. The van der Waals surface area contributed by atoms with Crippen molar-refractivity contribution in [3.05, 3.63) is 58.7 Å². The van der Waals surface area contributed by atoms with Crippen molar-refractivity contribution in [2.24, 2.45) is 5.73 Å². The fraction of sp³-hybridized carbons (Fsp3) is 0.316. The molecular formula is C19H24N2O3. The molecule has 24 heavy (non-hydrogen) atoms. The summed E-state index contributed by atoms with van der Waals surface area (Å²) in [6.45, 7) is 5.57. The van der Waals surface area contributed by atoms with E-state index in [0.717, 1.165) is 12.1 Å². The van der Waals surface area contributed by atoms with Gasteiger partial charge in [0.25, 0.3) is 5.91 Å². The zero-order chi connectivity index (χ0) is 17.5. The van der Waals surface area contributed by atoms with Crippen LogP contribution in [-0.4, -0.2) is 19.6 Å². The summed E-state index contributed by atoms with van der Waals surface area (Å²) in [5, 5.41) is 3.42. The summed E-state index contributed by atoms with van der Waals surface area (Å²) in [4.78, 5) is 10.8. The maximum atomic E-state index is 10.8. The standard InChI is InChI=1S/C19H24N2O3/c1-13-4-5-15(8-14(13)2)10-21-11-16-6-7-17(18(9-16)23-3)24-12-19(20)22/h4-9,21H,10-12H2,1-3H3,(H2,20,22). The van der Waals surface area contributed by atoms with Crippen molar-refractivity contribution in [2.75, 3.05) is 13.7 Å². The number of ether oxygens (including phenoxy) is 2. The molecule has 0 unspecified atom stereocenters. The lowest BCUT2D eigenvalue weighted by molar-refractivity contribution is -0.119. The lowest BCUT2D eigenvalue weighted by atomic mass is 10.1. The molecule has 5 nitrogen and oxygen atoms in total. The summed E-state index contributed by atoms with van der Waals surface area (Å²) in [5.41, 5.74) is 10.0. The van der Waals surface area contributed by atoms with Crippen molar-refractivity contribution in [3.63, 3.8) is 0 Å². The van der Waals surface area contributed by atoms with Crippen LogP contribution in [0.25, 0.3) is 0 Å². The molecule has 0 aliphatic carbocycles. The first-order valence-corrected chi connectivity index (χ1v) is 7.84. The second-order valence-electron chi connectivity index (χ2n) is 5.76. The number of methoxy groups -OCH3 is 1. The van der Waals surface area contributed by atoms with Crippen LogP contribution in [0.1, 0.15) is 22.3 Å². The molecule has 0 saturated carbocycles. The van der Waals surface area contributed by atoms with Crippen molar-refractivity contribution < 1.29 is 14.3 Å². The second-order valence-corrected chi connectivity index (χ2v) is 5.76. The predicted molar refractivity (Wildman–Crippen MR) is 94.1 cm³/mol. The molecule has 0 saturated heterocycles. The van der Waals surface area contributed by atoms with Crippen LogP contribution in [0.2, 0.25) is 0 Å². The molecule has 5 heteroatoms. The maximum absolute atomic E-state index is 10.8. The average Bonchev–Trinajstić information content (AvgIpc) is 2.56. The van der Waals surface area contributed by atoms with Gasteiger partial charge in [-0.2, -0.15) is 0 Å². The number of primary amides is 1. The van der Waals surface area contributed by atoms with E-state index in [9.17, 15) is 4.79 Å². The third-order valence-electron chi connectivity index (χ3n) is 3.83. The third kappa shape index (κ3) is 4.99. The second kappa shape index (κ2) is 8.36. The number of nitrogens with one attached hydrogen (secondary N) is 1. The molecule has 0 aliphatic heterocycles. The van der Waals surface area contributed by atoms with Crippen LogP contribution in [0, 0.1) is 13.8 Å². The van der Waals surface area contributed by atoms with Crippen LogP contribution < -0.4 is 20.5 Å². The summed E-state index contributed by atoms with van der Waals surface area (Å²) in [6.07, 6.45) is 0. The minimum absolute atomic E-state index is 0.166. The number of nitrogens with two attached hydrogens (primary N) is 1. The van der Waals surface area contributed by atoms with E-state index in [2.05, 4.69) is 37.4 Å². The molecule has 2 rings (SSSR count). The van der Waals surface area contributed by atoms with Gasteiger partial charge in [-0.25, -0.2) is 0 Å². The lowest BCUT2D eigenvalue weighted by Gasteiger charge is -2.12. The van der Waals surface area contributed by atoms with Gasteiger partial charge in [-0.05, 0) is 48.2 Å². The van der Waals surface area contributed by atoms with Gasteiger partial charge in [-0.3, -0.25) is 4.79 Å². The Morgan fingerprint density at radius 1 is 1.00 bits per heavy atom. The predicted octanol–water partition coefficient (Wildman–Crippen LogP) is 2.47. The Bertz CT molecular complexity index is 714. The van der Waals surface area contributed by atoms with Crippen LogP contribution in [0.15, 0.2) is 36.4 Å².